The fourth-order valence-electron chi connectivity index (χ4n) is 3.13. The summed E-state index contributed by atoms with van der Waals surface area (Å²) in [4.78, 5) is 31.2. The van der Waals surface area contributed by atoms with Crippen LogP contribution in [0.3, 0.4) is 0 Å². The summed E-state index contributed by atoms with van der Waals surface area (Å²) >= 11 is 6.06. The number of nitrogens with zero attached hydrogens (tertiary/aromatic N) is 3. The predicted octanol–water partition coefficient (Wildman–Crippen LogP) is 6.22. The highest BCUT2D eigenvalue weighted by Gasteiger charge is 2.22. The van der Waals surface area contributed by atoms with Crippen LogP contribution in [0, 0.1) is 6.92 Å². The topological polar surface area (TPSA) is 75.8 Å². The van der Waals surface area contributed by atoms with Crippen molar-refractivity contribution in [1.29, 1.82) is 0 Å². The molecule has 0 spiro atoms. The number of para-hydroxylation sites is 1. The van der Waals surface area contributed by atoms with Crippen LogP contribution in [0.15, 0.2) is 79.0 Å². The highest BCUT2D eigenvalue weighted by molar-refractivity contribution is 9.11. The van der Waals surface area contributed by atoms with Crippen LogP contribution in [-0.2, 0) is 0 Å². The number of rotatable bonds is 4. The summed E-state index contributed by atoms with van der Waals surface area (Å²) in [6.07, 6.45) is 2.69. The number of carbonyl (C=O) groups is 1. The number of hydrogen-bond donors (Lipinski definition) is 0. The number of hydrazone groups is 1. The van der Waals surface area contributed by atoms with Gasteiger partial charge >= 0.3 is 0 Å². The molecule has 0 bridgehead atoms. The minimum atomic E-state index is -0.335. The Morgan fingerprint density at radius 3 is 2.81 bits per heavy atom. The van der Waals surface area contributed by atoms with Gasteiger partial charge in [0.2, 0.25) is 10.6 Å². The van der Waals surface area contributed by atoms with E-state index in [0.717, 1.165) is 19.6 Å². The Morgan fingerprint density at radius 2 is 2.00 bits per heavy atom. The van der Waals surface area contributed by atoms with Gasteiger partial charge in [0.25, 0.3) is 5.91 Å². The highest BCUT2D eigenvalue weighted by atomic mass is 79.9. The molecule has 0 aliphatic rings. The molecule has 9 heteroatoms. The fraction of sp³-hybridized carbons (Fsp3) is 0.0435. The van der Waals surface area contributed by atoms with Crippen molar-refractivity contribution < 1.29 is 9.21 Å². The van der Waals surface area contributed by atoms with Gasteiger partial charge in [-0.3, -0.25) is 9.59 Å². The number of amides is 1. The average Bonchev–Trinajstić information content (AvgIpc) is 3.41. The smallest absolute Gasteiger partial charge is 0.290 e. The molecule has 32 heavy (non-hydrogen) atoms. The van der Waals surface area contributed by atoms with E-state index in [2.05, 4.69) is 26.0 Å². The van der Waals surface area contributed by atoms with Crippen LogP contribution in [0.4, 0.5) is 5.13 Å². The Bertz CT molecular complexity index is 1570. The molecule has 0 aliphatic heterocycles. The maximum Gasteiger partial charge on any atom is 0.290 e. The summed E-state index contributed by atoms with van der Waals surface area (Å²) in [5.74, 6) is -0.335. The average molecular weight is 524 g/mol. The van der Waals surface area contributed by atoms with Crippen LogP contribution in [0.2, 0.25) is 0 Å². The number of halogens is 1. The van der Waals surface area contributed by atoms with E-state index in [1.54, 1.807) is 36.4 Å². The quantitative estimate of drug-likeness (QED) is 0.207. The summed E-state index contributed by atoms with van der Waals surface area (Å²) in [5.41, 5.74) is 2.39. The lowest BCUT2D eigenvalue weighted by atomic mass is 10.2. The van der Waals surface area contributed by atoms with E-state index < -0.39 is 0 Å². The van der Waals surface area contributed by atoms with Gasteiger partial charge in [0.15, 0.2) is 0 Å². The van der Waals surface area contributed by atoms with Crippen LogP contribution >= 0.6 is 38.6 Å². The van der Waals surface area contributed by atoms with E-state index in [0.29, 0.717) is 21.0 Å². The van der Waals surface area contributed by atoms with E-state index in [-0.39, 0.29) is 16.9 Å². The third kappa shape index (κ3) is 3.90. The number of aromatic nitrogens is 1. The maximum absolute atomic E-state index is 13.3. The van der Waals surface area contributed by atoms with Crippen LogP contribution < -0.4 is 10.4 Å². The SMILES string of the molecule is Cc1ccc2nc(N(/N=C/c3coc4ccccc4c3=O)C(=O)c3ccc(Br)s3)sc2c1. The summed E-state index contributed by atoms with van der Waals surface area (Å²) < 4.78 is 7.34. The molecule has 1 amide bonds. The van der Waals surface area contributed by atoms with Gasteiger partial charge in [-0.2, -0.15) is 10.1 Å². The molecule has 0 aliphatic carbocycles. The summed E-state index contributed by atoms with van der Waals surface area (Å²) in [6, 6.07) is 16.4. The monoisotopic (exact) mass is 523 g/mol. The first kappa shape index (κ1) is 20.7. The number of aryl methyl sites for hydroxylation is 1. The van der Waals surface area contributed by atoms with Crippen molar-refractivity contribution in [2.45, 2.75) is 6.92 Å². The molecule has 0 saturated heterocycles. The first-order valence-corrected chi connectivity index (χ1v) is 11.9. The standard InChI is InChI=1S/C23H14BrN3O3S2/c1-13-6-7-16-19(10-13)32-23(26-16)27(22(29)18-8-9-20(24)31-18)25-11-14-12-30-17-5-3-2-4-15(17)21(14)28/h2-12H,1H3/b25-11+. The molecule has 2 aromatic carbocycles. The molecule has 5 rings (SSSR count). The normalized spacial score (nSPS) is 11.6. The third-order valence-electron chi connectivity index (χ3n) is 4.71. The van der Waals surface area contributed by atoms with E-state index in [4.69, 9.17) is 4.42 Å². The van der Waals surface area contributed by atoms with E-state index in [1.165, 1.54) is 40.2 Å². The van der Waals surface area contributed by atoms with Crippen LogP contribution in [-0.4, -0.2) is 17.1 Å². The molecule has 0 fully saturated rings. The van der Waals surface area contributed by atoms with Gasteiger partial charge in [0.1, 0.15) is 11.8 Å². The molecule has 0 saturated carbocycles. The van der Waals surface area contributed by atoms with Crippen molar-refractivity contribution in [2.24, 2.45) is 5.10 Å². The molecule has 0 N–H and O–H groups in total. The molecule has 3 aromatic heterocycles. The number of thiazole rings is 1. The Balaban J connectivity index is 1.60. The molecular formula is C23H14BrN3O3S2. The molecule has 5 aromatic rings. The zero-order valence-corrected chi connectivity index (χ0v) is 19.8. The minimum Gasteiger partial charge on any atom is -0.463 e. The number of anilines is 1. The van der Waals surface area contributed by atoms with E-state index in [1.807, 2.05) is 25.1 Å². The second-order valence-electron chi connectivity index (χ2n) is 6.95. The van der Waals surface area contributed by atoms with Crippen molar-refractivity contribution in [3.63, 3.8) is 0 Å². The van der Waals surface area contributed by atoms with Crippen molar-refractivity contribution in [3.8, 4) is 0 Å². The van der Waals surface area contributed by atoms with Crippen molar-refractivity contribution in [3.05, 3.63) is 90.9 Å². The Kier molecular flexibility index (Phi) is 5.46. The van der Waals surface area contributed by atoms with Gasteiger partial charge in [-0.1, -0.05) is 29.5 Å². The van der Waals surface area contributed by atoms with Gasteiger partial charge in [0, 0.05) is 0 Å². The molecule has 0 radical (unpaired) electrons. The van der Waals surface area contributed by atoms with Crippen molar-refractivity contribution in [2.75, 3.05) is 5.01 Å². The summed E-state index contributed by atoms with van der Waals surface area (Å²) in [6.45, 7) is 2.00. The van der Waals surface area contributed by atoms with Crippen molar-refractivity contribution in [1.82, 2.24) is 4.98 Å². The molecular weight excluding hydrogens is 510 g/mol. The van der Waals surface area contributed by atoms with Crippen molar-refractivity contribution >= 4 is 77.0 Å². The second kappa shape index (κ2) is 8.42. The number of fused-ring (bicyclic) bond motifs is 2. The van der Waals surface area contributed by atoms with Crippen LogP contribution in [0.1, 0.15) is 20.8 Å². The van der Waals surface area contributed by atoms with Gasteiger partial charge < -0.3 is 4.42 Å². The van der Waals surface area contributed by atoms with Crippen LogP contribution in [0.25, 0.3) is 21.2 Å². The number of carbonyl (C=O) groups excluding carboxylic acids is 1. The largest absolute Gasteiger partial charge is 0.463 e. The van der Waals surface area contributed by atoms with E-state index >= 15 is 0 Å². The van der Waals surface area contributed by atoms with Gasteiger partial charge in [0.05, 0.1) is 36.0 Å². The number of thiophene rings is 1. The highest BCUT2D eigenvalue weighted by Crippen LogP contribution is 2.32. The molecule has 158 valence electrons. The van der Waals surface area contributed by atoms with Gasteiger partial charge in [-0.05, 0) is 64.8 Å². The van der Waals surface area contributed by atoms with Gasteiger partial charge in [-0.25, -0.2) is 4.98 Å². The first-order chi connectivity index (χ1) is 15.5. The Hall–Kier alpha value is -3.14. The summed E-state index contributed by atoms with van der Waals surface area (Å²) in [7, 11) is 0. The zero-order valence-electron chi connectivity index (χ0n) is 16.6. The summed E-state index contributed by atoms with van der Waals surface area (Å²) in [5, 5.41) is 6.47. The lowest BCUT2D eigenvalue weighted by Gasteiger charge is -2.12. The molecule has 0 unspecified atom stereocenters. The lowest BCUT2D eigenvalue weighted by Crippen LogP contribution is -2.25. The van der Waals surface area contributed by atoms with E-state index in [9.17, 15) is 9.59 Å². The molecule has 0 atom stereocenters. The predicted molar refractivity (Wildman–Crippen MR) is 133 cm³/mol. The molecule has 3 heterocycles. The van der Waals surface area contributed by atoms with Gasteiger partial charge in [-0.15, -0.1) is 11.3 Å². The first-order valence-electron chi connectivity index (χ1n) is 9.51. The number of benzene rings is 2. The van der Waals surface area contributed by atoms with Crippen LogP contribution in [0.5, 0.6) is 0 Å². The fourth-order valence-corrected chi connectivity index (χ4v) is 5.47. The zero-order chi connectivity index (χ0) is 22.2. The Labute approximate surface area is 198 Å². The lowest BCUT2D eigenvalue weighted by molar-refractivity contribution is 0.0991. The maximum atomic E-state index is 13.3. The Morgan fingerprint density at radius 1 is 1.16 bits per heavy atom. The number of hydrogen-bond acceptors (Lipinski definition) is 7. The second-order valence-corrected chi connectivity index (χ2v) is 10.4. The minimum absolute atomic E-state index is 0.221. The molecule has 6 nitrogen and oxygen atoms in total. The third-order valence-corrected chi connectivity index (χ3v) is 7.31.